The number of hydrogen-bond acceptors (Lipinski definition) is 5. The molecule has 1 aromatic heterocycles. The molecule has 0 saturated carbocycles. The molecule has 0 atom stereocenters. The quantitative estimate of drug-likeness (QED) is 0.571. The van der Waals surface area contributed by atoms with Crippen LogP contribution in [0.25, 0.3) is 0 Å². The summed E-state index contributed by atoms with van der Waals surface area (Å²) in [6.07, 6.45) is 0. The van der Waals surface area contributed by atoms with Crippen LogP contribution in [0.1, 0.15) is 25.9 Å². The molecular formula is C20H18FN3O3S. The summed E-state index contributed by atoms with van der Waals surface area (Å²) in [4.78, 5) is 28.2. The van der Waals surface area contributed by atoms with Gasteiger partial charge in [-0.2, -0.15) is 0 Å². The lowest BCUT2D eigenvalue weighted by atomic mass is 10.2. The normalized spacial score (nSPS) is 10.3. The minimum Gasteiger partial charge on any atom is -0.483 e. The van der Waals surface area contributed by atoms with E-state index in [1.165, 1.54) is 23.5 Å². The van der Waals surface area contributed by atoms with E-state index in [2.05, 4.69) is 15.6 Å². The van der Waals surface area contributed by atoms with Crippen molar-refractivity contribution in [2.24, 2.45) is 0 Å². The molecule has 0 saturated heterocycles. The average Bonchev–Trinajstić information content (AvgIpc) is 3.20. The number of ether oxygens (including phenoxy) is 1. The molecule has 3 rings (SSSR count). The van der Waals surface area contributed by atoms with Crippen LogP contribution in [0.5, 0.6) is 5.75 Å². The summed E-state index contributed by atoms with van der Waals surface area (Å²) in [6, 6.07) is 14.9. The SMILES string of the molecule is O=C(NCCNC(=O)c1csc(COc2ccccc2F)n1)c1ccccc1. The van der Waals surface area contributed by atoms with E-state index in [0.29, 0.717) is 17.1 Å². The molecule has 2 aromatic carbocycles. The average molecular weight is 399 g/mol. The Kier molecular flexibility index (Phi) is 6.69. The second-order valence-corrected chi connectivity index (χ2v) is 6.67. The molecular weight excluding hydrogens is 381 g/mol. The highest BCUT2D eigenvalue weighted by molar-refractivity contribution is 7.09. The van der Waals surface area contributed by atoms with Gasteiger partial charge in [0.15, 0.2) is 11.6 Å². The first-order valence-corrected chi connectivity index (χ1v) is 9.44. The highest BCUT2D eigenvalue weighted by atomic mass is 32.1. The van der Waals surface area contributed by atoms with Gasteiger partial charge in [0.05, 0.1) is 0 Å². The molecule has 3 aromatic rings. The third-order valence-corrected chi connectivity index (χ3v) is 4.53. The maximum atomic E-state index is 13.5. The lowest BCUT2D eigenvalue weighted by Gasteiger charge is -2.06. The number of para-hydroxylation sites is 1. The summed E-state index contributed by atoms with van der Waals surface area (Å²) in [5.41, 5.74) is 0.819. The van der Waals surface area contributed by atoms with Crippen LogP contribution in [-0.2, 0) is 6.61 Å². The number of rotatable bonds is 8. The molecule has 0 aliphatic carbocycles. The van der Waals surface area contributed by atoms with Crippen molar-refractivity contribution < 1.29 is 18.7 Å². The van der Waals surface area contributed by atoms with Crippen LogP contribution in [0.2, 0.25) is 0 Å². The molecule has 8 heteroatoms. The molecule has 6 nitrogen and oxygen atoms in total. The standard InChI is InChI=1S/C20H18FN3O3S/c21-15-8-4-5-9-17(15)27-12-18-24-16(13-28-18)20(26)23-11-10-22-19(25)14-6-2-1-3-7-14/h1-9,13H,10-12H2,(H,22,25)(H,23,26). The van der Waals surface area contributed by atoms with Gasteiger partial charge in [-0.1, -0.05) is 30.3 Å². The topological polar surface area (TPSA) is 80.3 Å². The van der Waals surface area contributed by atoms with Gasteiger partial charge in [-0.25, -0.2) is 9.37 Å². The van der Waals surface area contributed by atoms with Crippen LogP contribution >= 0.6 is 11.3 Å². The smallest absolute Gasteiger partial charge is 0.270 e. The molecule has 144 valence electrons. The molecule has 0 radical (unpaired) electrons. The van der Waals surface area contributed by atoms with Crippen molar-refractivity contribution in [2.75, 3.05) is 13.1 Å². The second kappa shape index (κ2) is 9.61. The maximum Gasteiger partial charge on any atom is 0.270 e. The van der Waals surface area contributed by atoms with E-state index < -0.39 is 5.82 Å². The van der Waals surface area contributed by atoms with E-state index in [0.717, 1.165) is 0 Å². The number of nitrogens with zero attached hydrogens (tertiary/aromatic N) is 1. The predicted molar refractivity (Wildman–Crippen MR) is 104 cm³/mol. The molecule has 1 heterocycles. The van der Waals surface area contributed by atoms with Crippen molar-refractivity contribution in [1.29, 1.82) is 0 Å². The fourth-order valence-corrected chi connectivity index (χ4v) is 3.00. The number of benzene rings is 2. The van der Waals surface area contributed by atoms with Crippen LogP contribution in [0.3, 0.4) is 0 Å². The summed E-state index contributed by atoms with van der Waals surface area (Å²) in [5, 5.41) is 7.59. The highest BCUT2D eigenvalue weighted by Gasteiger charge is 2.12. The zero-order valence-electron chi connectivity index (χ0n) is 14.9. The van der Waals surface area contributed by atoms with Crippen molar-refractivity contribution in [3.05, 3.63) is 82.1 Å². The fraction of sp³-hybridized carbons (Fsp3) is 0.150. The van der Waals surface area contributed by atoms with Crippen molar-refractivity contribution in [3.63, 3.8) is 0 Å². The molecule has 0 bridgehead atoms. The van der Waals surface area contributed by atoms with Gasteiger partial charge in [0, 0.05) is 24.0 Å². The van der Waals surface area contributed by atoms with Gasteiger partial charge in [0.2, 0.25) is 0 Å². The number of amides is 2. The second-order valence-electron chi connectivity index (χ2n) is 5.72. The van der Waals surface area contributed by atoms with E-state index >= 15 is 0 Å². The molecule has 0 aliphatic rings. The van der Waals surface area contributed by atoms with Crippen molar-refractivity contribution >= 4 is 23.2 Å². The number of nitrogens with one attached hydrogen (secondary N) is 2. The van der Waals surface area contributed by atoms with Crippen molar-refractivity contribution in [3.8, 4) is 5.75 Å². The van der Waals surface area contributed by atoms with E-state index in [-0.39, 0.29) is 36.4 Å². The van der Waals surface area contributed by atoms with E-state index in [1.807, 2.05) is 6.07 Å². The number of carbonyl (C=O) groups is 2. The molecule has 28 heavy (non-hydrogen) atoms. The summed E-state index contributed by atoms with van der Waals surface area (Å²) >= 11 is 1.26. The molecule has 0 aliphatic heterocycles. The lowest BCUT2D eigenvalue weighted by molar-refractivity contribution is 0.0925. The highest BCUT2D eigenvalue weighted by Crippen LogP contribution is 2.18. The number of thiazole rings is 1. The zero-order chi connectivity index (χ0) is 19.8. The first-order chi connectivity index (χ1) is 13.6. The summed E-state index contributed by atoms with van der Waals surface area (Å²) in [7, 11) is 0. The lowest BCUT2D eigenvalue weighted by Crippen LogP contribution is -2.34. The van der Waals surface area contributed by atoms with Gasteiger partial charge in [-0.3, -0.25) is 9.59 Å². The third-order valence-electron chi connectivity index (χ3n) is 3.70. The predicted octanol–water partition coefficient (Wildman–Crippen LogP) is 3.02. The number of carbonyl (C=O) groups excluding carboxylic acids is 2. The van der Waals surface area contributed by atoms with Crippen LogP contribution in [0.4, 0.5) is 4.39 Å². The van der Waals surface area contributed by atoms with Crippen LogP contribution in [-0.4, -0.2) is 29.9 Å². The maximum absolute atomic E-state index is 13.5. The van der Waals surface area contributed by atoms with Crippen molar-refractivity contribution in [2.45, 2.75) is 6.61 Å². The van der Waals surface area contributed by atoms with Gasteiger partial charge in [-0.05, 0) is 24.3 Å². The largest absolute Gasteiger partial charge is 0.483 e. The van der Waals surface area contributed by atoms with Crippen molar-refractivity contribution in [1.82, 2.24) is 15.6 Å². The molecule has 0 fully saturated rings. The number of aromatic nitrogens is 1. The minimum absolute atomic E-state index is 0.0754. The summed E-state index contributed by atoms with van der Waals surface area (Å²) in [6.45, 7) is 0.648. The Morgan fingerprint density at radius 2 is 1.64 bits per heavy atom. The van der Waals surface area contributed by atoms with Gasteiger partial charge in [-0.15, -0.1) is 11.3 Å². The first kappa shape index (κ1) is 19.5. The van der Waals surface area contributed by atoms with Gasteiger partial charge >= 0.3 is 0 Å². The van der Waals surface area contributed by atoms with Gasteiger partial charge < -0.3 is 15.4 Å². The Labute approximate surface area is 165 Å². The Morgan fingerprint density at radius 1 is 0.964 bits per heavy atom. The molecule has 0 spiro atoms. The summed E-state index contributed by atoms with van der Waals surface area (Å²) < 4.78 is 18.9. The zero-order valence-corrected chi connectivity index (χ0v) is 15.7. The summed E-state index contributed by atoms with van der Waals surface area (Å²) in [5.74, 6) is -0.856. The van der Waals surface area contributed by atoms with Gasteiger partial charge in [0.25, 0.3) is 11.8 Å². The van der Waals surface area contributed by atoms with E-state index in [1.54, 1.807) is 41.8 Å². The number of halogens is 1. The van der Waals surface area contributed by atoms with Gasteiger partial charge in [0.1, 0.15) is 17.3 Å². The Bertz CT molecular complexity index is 947. The Balaban J connectivity index is 1.41. The van der Waals surface area contributed by atoms with E-state index in [9.17, 15) is 14.0 Å². The first-order valence-electron chi connectivity index (χ1n) is 8.56. The minimum atomic E-state index is -0.449. The van der Waals surface area contributed by atoms with Crippen LogP contribution < -0.4 is 15.4 Å². The van der Waals surface area contributed by atoms with E-state index in [4.69, 9.17) is 4.74 Å². The Morgan fingerprint density at radius 3 is 2.39 bits per heavy atom. The number of hydrogen-bond donors (Lipinski definition) is 2. The van der Waals surface area contributed by atoms with Crippen LogP contribution in [0.15, 0.2) is 60.0 Å². The Hall–Kier alpha value is -3.26. The third kappa shape index (κ3) is 5.37. The monoisotopic (exact) mass is 399 g/mol. The van der Waals surface area contributed by atoms with Crippen LogP contribution in [0, 0.1) is 5.82 Å². The molecule has 2 N–H and O–H groups in total. The fourth-order valence-electron chi connectivity index (χ4n) is 2.32. The molecule has 0 unspecified atom stereocenters. The molecule has 2 amide bonds.